The number of nitrogens with one attached hydrogen (secondary N) is 1. The summed E-state index contributed by atoms with van der Waals surface area (Å²) in [4.78, 5) is 16.6. The first kappa shape index (κ1) is 26.2. The van der Waals surface area contributed by atoms with Crippen LogP contribution in [0, 0.1) is 11.6 Å². The first-order valence-electron chi connectivity index (χ1n) is 10.6. The van der Waals surface area contributed by atoms with Gasteiger partial charge in [-0.05, 0) is 26.0 Å². The molecule has 2 N–H and O–H groups in total. The van der Waals surface area contributed by atoms with Crippen LogP contribution < -0.4 is 15.7 Å². The second kappa shape index (κ2) is 9.89. The maximum absolute atomic E-state index is 15.7. The number of nitrogens with zero attached hydrogens (tertiary/aromatic N) is 6. The molecule has 4 rings (SSSR count). The minimum atomic E-state index is -4.85. The minimum Gasteiger partial charge on any atom is -0.464 e. The van der Waals surface area contributed by atoms with Crippen LogP contribution in [-0.2, 0) is 13.2 Å². The largest absolute Gasteiger partial charge is 0.464 e. The van der Waals surface area contributed by atoms with Crippen molar-refractivity contribution < 1.29 is 31.8 Å². The molecule has 0 aliphatic rings. The van der Waals surface area contributed by atoms with E-state index in [1.165, 1.54) is 12.1 Å². The summed E-state index contributed by atoms with van der Waals surface area (Å²) in [7, 11) is 0. The van der Waals surface area contributed by atoms with Gasteiger partial charge in [0.1, 0.15) is 12.4 Å². The molecular formula is C21H17ClF5N7O3. The molecule has 0 aliphatic heterocycles. The van der Waals surface area contributed by atoms with Crippen LogP contribution in [0.25, 0.3) is 16.6 Å². The van der Waals surface area contributed by atoms with Crippen LogP contribution in [0.2, 0.25) is 5.02 Å². The molecule has 0 saturated heterocycles. The number of aliphatic hydroxyl groups is 1. The number of aliphatic hydroxyl groups excluding tert-OH is 1. The van der Waals surface area contributed by atoms with Crippen molar-refractivity contribution in [2.45, 2.75) is 39.3 Å². The molecule has 3 heterocycles. The number of pyridine rings is 1. The lowest BCUT2D eigenvalue weighted by Crippen LogP contribution is -2.32. The predicted molar refractivity (Wildman–Crippen MR) is 121 cm³/mol. The van der Waals surface area contributed by atoms with E-state index in [-0.39, 0.29) is 23.1 Å². The van der Waals surface area contributed by atoms with Crippen molar-refractivity contribution in [1.82, 2.24) is 29.5 Å². The van der Waals surface area contributed by atoms with E-state index in [0.29, 0.717) is 11.6 Å². The van der Waals surface area contributed by atoms with E-state index in [9.17, 15) is 27.5 Å². The Bertz CT molecular complexity index is 1520. The van der Waals surface area contributed by atoms with Gasteiger partial charge in [-0.3, -0.25) is 4.57 Å². The van der Waals surface area contributed by atoms with Crippen LogP contribution in [0.4, 0.5) is 33.5 Å². The highest BCUT2D eigenvalue weighted by atomic mass is 35.5. The Morgan fingerprint density at radius 3 is 2.59 bits per heavy atom. The Labute approximate surface area is 209 Å². The molecule has 10 nitrogen and oxygen atoms in total. The summed E-state index contributed by atoms with van der Waals surface area (Å²) in [5.41, 5.74) is -1.22. The zero-order chi connectivity index (χ0) is 27.1. The Kier molecular flexibility index (Phi) is 7.01. The van der Waals surface area contributed by atoms with Crippen LogP contribution in [-0.4, -0.2) is 46.9 Å². The number of hydrogen-bond acceptors (Lipinski definition) is 8. The van der Waals surface area contributed by atoms with Gasteiger partial charge in [0.25, 0.3) is 0 Å². The maximum Gasteiger partial charge on any atom is 0.425 e. The number of alkyl halides is 3. The normalized spacial score (nSPS) is 12.7. The highest BCUT2D eigenvalue weighted by Crippen LogP contribution is 2.37. The third kappa shape index (κ3) is 4.79. The topological polar surface area (TPSA) is 120 Å². The van der Waals surface area contributed by atoms with Gasteiger partial charge >= 0.3 is 11.9 Å². The number of hydrogen-bond donors (Lipinski definition) is 2. The summed E-state index contributed by atoms with van der Waals surface area (Å²) in [6, 6.07) is 3.71. The molecule has 0 aliphatic carbocycles. The zero-order valence-corrected chi connectivity index (χ0v) is 19.8. The smallest absolute Gasteiger partial charge is 0.425 e. The van der Waals surface area contributed by atoms with Gasteiger partial charge in [0.15, 0.2) is 29.4 Å². The summed E-state index contributed by atoms with van der Waals surface area (Å²) in [5, 5.41) is 22.2. The predicted octanol–water partition coefficient (Wildman–Crippen LogP) is 3.89. The molecule has 0 saturated carbocycles. The molecular weight excluding hydrogens is 529 g/mol. The Morgan fingerprint density at radius 1 is 1.27 bits per heavy atom. The molecule has 196 valence electrons. The number of fused-ring (bicyclic) bond motifs is 1. The molecule has 16 heteroatoms. The number of benzene rings is 1. The first-order valence-corrected chi connectivity index (χ1v) is 10.9. The van der Waals surface area contributed by atoms with E-state index in [1.54, 1.807) is 6.92 Å². The summed E-state index contributed by atoms with van der Waals surface area (Å²) >= 11 is 6.02. The van der Waals surface area contributed by atoms with E-state index >= 15 is 4.39 Å². The number of rotatable bonds is 7. The van der Waals surface area contributed by atoms with Gasteiger partial charge in [-0.2, -0.15) is 27.9 Å². The van der Waals surface area contributed by atoms with Gasteiger partial charge in [0.05, 0.1) is 27.7 Å². The molecule has 37 heavy (non-hydrogen) atoms. The molecule has 3 aromatic heterocycles. The quantitative estimate of drug-likeness (QED) is 0.336. The molecule has 1 atom stereocenters. The number of para-hydroxylation sites is 1. The van der Waals surface area contributed by atoms with Crippen molar-refractivity contribution in [3.05, 3.63) is 57.4 Å². The Balaban J connectivity index is 2.01. The molecule has 0 spiro atoms. The van der Waals surface area contributed by atoms with Crippen LogP contribution in [0.3, 0.4) is 0 Å². The number of aromatic nitrogens is 6. The lowest BCUT2D eigenvalue weighted by atomic mass is 10.2. The number of halogens is 6. The van der Waals surface area contributed by atoms with Gasteiger partial charge in [0, 0.05) is 6.54 Å². The molecule has 1 unspecified atom stereocenters. The van der Waals surface area contributed by atoms with E-state index in [2.05, 4.69) is 25.6 Å². The fourth-order valence-corrected chi connectivity index (χ4v) is 3.59. The highest BCUT2D eigenvalue weighted by molar-refractivity contribution is 6.33. The van der Waals surface area contributed by atoms with E-state index in [4.69, 9.17) is 16.3 Å². The van der Waals surface area contributed by atoms with Gasteiger partial charge in [-0.1, -0.05) is 17.7 Å². The molecule has 0 amide bonds. The Hall–Kier alpha value is -3.85. The van der Waals surface area contributed by atoms with Gasteiger partial charge < -0.3 is 15.2 Å². The summed E-state index contributed by atoms with van der Waals surface area (Å²) in [6.07, 6.45) is -6.42. The average Bonchev–Trinajstić information content (AvgIpc) is 3.17. The third-order valence-corrected chi connectivity index (χ3v) is 5.57. The summed E-state index contributed by atoms with van der Waals surface area (Å²) < 4.78 is 76.7. The van der Waals surface area contributed by atoms with Crippen molar-refractivity contribution in [2.24, 2.45) is 0 Å². The summed E-state index contributed by atoms with van der Waals surface area (Å²) in [6.45, 7) is 1.63. The van der Waals surface area contributed by atoms with Crippen LogP contribution in [0.5, 0.6) is 5.88 Å². The third-order valence-electron chi connectivity index (χ3n) is 5.26. The van der Waals surface area contributed by atoms with Gasteiger partial charge in [0.2, 0.25) is 5.88 Å². The fourth-order valence-electron chi connectivity index (χ4n) is 3.38. The van der Waals surface area contributed by atoms with Crippen molar-refractivity contribution in [1.29, 1.82) is 0 Å². The second-order valence-corrected chi connectivity index (χ2v) is 7.98. The highest BCUT2D eigenvalue weighted by Gasteiger charge is 2.39. The van der Waals surface area contributed by atoms with Crippen LogP contribution in [0.15, 0.2) is 29.2 Å². The molecule has 1 aromatic carbocycles. The number of ether oxygens (including phenoxy) is 1. The van der Waals surface area contributed by atoms with Crippen molar-refractivity contribution in [3.8, 4) is 11.7 Å². The molecule has 0 radical (unpaired) electrons. The van der Waals surface area contributed by atoms with Gasteiger partial charge in [-0.15, -0.1) is 10.2 Å². The lowest BCUT2D eigenvalue weighted by molar-refractivity contribution is -0.189. The van der Waals surface area contributed by atoms with E-state index < -0.39 is 64.5 Å². The van der Waals surface area contributed by atoms with Crippen LogP contribution >= 0.6 is 11.6 Å². The van der Waals surface area contributed by atoms with Crippen molar-refractivity contribution >= 4 is 33.9 Å². The standard InChI is InChI=1S/C21H17ClF5N7O3/c1-3-33-13(8-35)32-34(20(33)36)18-15(24)10-7-28-31-17(29-16-11(22)5-4-6-12(16)23)14(10)19(30-18)37-9(2)21(25,26)27/h4-7,9,35H,3,8H2,1-2H3,(H,29,31). The zero-order valence-electron chi connectivity index (χ0n) is 19.0. The second-order valence-electron chi connectivity index (χ2n) is 7.57. The molecule has 0 bridgehead atoms. The van der Waals surface area contributed by atoms with E-state index in [1.807, 2.05) is 0 Å². The number of anilines is 2. The lowest BCUT2D eigenvalue weighted by Gasteiger charge is -2.20. The monoisotopic (exact) mass is 545 g/mol. The van der Waals surface area contributed by atoms with Crippen molar-refractivity contribution in [2.75, 3.05) is 5.32 Å². The fraction of sp³-hybridized carbons (Fsp3) is 0.286. The van der Waals surface area contributed by atoms with Crippen LogP contribution in [0.1, 0.15) is 19.7 Å². The van der Waals surface area contributed by atoms with Crippen molar-refractivity contribution in [3.63, 3.8) is 0 Å². The minimum absolute atomic E-state index is 0.0569. The molecule has 0 fully saturated rings. The Morgan fingerprint density at radius 2 is 2.00 bits per heavy atom. The SMILES string of the molecule is CCn1c(CO)nn(-c2nc(OC(C)C(F)(F)F)c3c(Nc4c(F)cccc4Cl)nncc3c2F)c1=O. The first-order chi connectivity index (χ1) is 17.5. The maximum atomic E-state index is 15.7. The van der Waals surface area contributed by atoms with Gasteiger partial charge in [-0.25, -0.2) is 13.6 Å². The summed E-state index contributed by atoms with van der Waals surface area (Å²) in [5.74, 6) is -4.22. The average molecular weight is 546 g/mol. The molecule has 4 aromatic rings. The van der Waals surface area contributed by atoms with E-state index in [0.717, 1.165) is 16.8 Å².